The summed E-state index contributed by atoms with van der Waals surface area (Å²) in [4.78, 5) is 61.0. The van der Waals surface area contributed by atoms with Gasteiger partial charge >= 0.3 is 0 Å². The normalized spacial score (nSPS) is 22.4. The van der Waals surface area contributed by atoms with Gasteiger partial charge in [-0.15, -0.1) is 0 Å². The number of non-ortho nitro benzene ring substituents is 1. The highest BCUT2D eigenvalue weighted by Crippen LogP contribution is 2.60. The number of rotatable bonds is 10. The molecule has 1 spiro atoms. The van der Waals surface area contributed by atoms with Gasteiger partial charge in [0.1, 0.15) is 5.75 Å². The molecule has 12 nitrogen and oxygen atoms in total. The largest absolute Gasteiger partial charge is 0.497 e. The molecule has 0 aromatic heterocycles. The Morgan fingerprint density at radius 1 is 0.906 bits per heavy atom. The van der Waals surface area contributed by atoms with Crippen molar-refractivity contribution in [3.63, 3.8) is 0 Å². The second-order valence-electron chi connectivity index (χ2n) is 18.0. The van der Waals surface area contributed by atoms with Crippen LogP contribution < -0.4 is 19.7 Å². The van der Waals surface area contributed by atoms with Crippen LogP contribution in [0.4, 0.5) is 22.7 Å². The maximum absolute atomic E-state index is 15.5. The number of aliphatic hydroxyl groups excluding tert-OH is 1. The average molecular weight is 873 g/mol. The Kier molecular flexibility index (Phi) is 10.0. The van der Waals surface area contributed by atoms with E-state index >= 15 is 4.79 Å². The van der Waals surface area contributed by atoms with Crippen LogP contribution in [0.15, 0.2) is 127 Å². The minimum absolute atomic E-state index is 0.0478. The molecular weight excluding hydrogens is 825 g/mol. The highest BCUT2D eigenvalue weighted by molar-refractivity contribution is 6.91. The molecule has 10 rings (SSSR count). The summed E-state index contributed by atoms with van der Waals surface area (Å²) in [5.41, 5.74) is 3.83. The summed E-state index contributed by atoms with van der Waals surface area (Å²) in [6.07, 6.45) is -0.276. The number of hydrogen-bond acceptors (Lipinski definition) is 8. The number of carbonyl (C=O) groups is 3. The SMILES string of the molecule is COc1ccc([Si](C)(C)[C@@H]2[C@@H](CC(=O)N3Cc4ccccc4C[C@H]3CO)O[C@]3(C(=O)N(Cc4ccc(N5C(=O)c6cccc7cccc5c67)cc4)c4ccc([N+](=O)[O-])cc43)[C@H]2C)cc1. The van der Waals surface area contributed by atoms with Crippen LogP contribution >= 0.6 is 0 Å². The van der Waals surface area contributed by atoms with Crippen LogP contribution in [0.5, 0.6) is 5.75 Å². The topological polar surface area (TPSA) is 143 Å². The van der Waals surface area contributed by atoms with Crippen molar-refractivity contribution in [2.45, 2.75) is 69.2 Å². The van der Waals surface area contributed by atoms with Gasteiger partial charge in [-0.25, -0.2) is 0 Å². The van der Waals surface area contributed by atoms with Crippen molar-refractivity contribution >= 4 is 64.5 Å². The van der Waals surface area contributed by atoms with Crippen molar-refractivity contribution in [3.05, 3.63) is 165 Å². The quantitative estimate of drug-likeness (QED) is 0.0826. The highest BCUT2D eigenvalue weighted by atomic mass is 28.3. The molecule has 0 radical (unpaired) electrons. The molecule has 4 heterocycles. The molecule has 4 aliphatic rings. The van der Waals surface area contributed by atoms with E-state index in [-0.39, 0.29) is 48.5 Å². The molecule has 1 fully saturated rings. The molecule has 1 saturated heterocycles. The predicted molar refractivity (Wildman–Crippen MR) is 247 cm³/mol. The molecule has 3 amide bonds. The summed E-state index contributed by atoms with van der Waals surface area (Å²) >= 11 is 0. The maximum atomic E-state index is 15.5. The molecule has 6 aromatic rings. The standard InChI is InChI=1S/C51H48N4O8Si/c1-31-48(64(3,4)40-22-20-39(62-2)21-23-40)45(27-46(57)52-29-35-10-6-5-9-34(35)25-38(52)30-56)63-51(31)42-26-37(55(60)61)19-24-43(42)53(50(51)59)28-32-15-17-36(18-16-32)54-44-14-8-12-33-11-7-13-41(47(33)44)49(54)58/h5-24,26,31,38,45,48,56H,25,27-30H2,1-4H3/t31-,38-,45+,48-,51+/m0/s1. The van der Waals surface area contributed by atoms with Gasteiger partial charge in [0.2, 0.25) is 5.91 Å². The summed E-state index contributed by atoms with van der Waals surface area (Å²) in [7, 11) is -1.07. The second-order valence-corrected chi connectivity index (χ2v) is 22.7. The van der Waals surface area contributed by atoms with E-state index in [2.05, 4.69) is 13.1 Å². The fourth-order valence-electron chi connectivity index (χ4n) is 11.2. The summed E-state index contributed by atoms with van der Waals surface area (Å²) in [6.45, 7) is 6.70. The van der Waals surface area contributed by atoms with Gasteiger partial charge in [0.25, 0.3) is 17.5 Å². The van der Waals surface area contributed by atoms with Gasteiger partial charge in [-0.2, -0.15) is 0 Å². The van der Waals surface area contributed by atoms with Crippen LogP contribution in [-0.4, -0.2) is 66.6 Å². The van der Waals surface area contributed by atoms with Gasteiger partial charge in [-0.05, 0) is 76.5 Å². The molecule has 0 unspecified atom stereocenters. The lowest BCUT2D eigenvalue weighted by Gasteiger charge is -2.39. The Balaban J connectivity index is 1.02. The number of amides is 3. The summed E-state index contributed by atoms with van der Waals surface area (Å²) in [5.74, 6) is -0.463. The Morgan fingerprint density at radius 3 is 2.33 bits per heavy atom. The van der Waals surface area contributed by atoms with Crippen molar-refractivity contribution in [2.24, 2.45) is 5.92 Å². The first-order chi connectivity index (χ1) is 30.8. The molecule has 324 valence electrons. The van der Waals surface area contributed by atoms with Gasteiger partial charge in [0.05, 0.1) is 68.8 Å². The number of fused-ring (bicyclic) bond motifs is 3. The van der Waals surface area contributed by atoms with Crippen LogP contribution in [0.25, 0.3) is 10.8 Å². The molecule has 5 atom stereocenters. The van der Waals surface area contributed by atoms with Crippen molar-refractivity contribution in [1.29, 1.82) is 0 Å². The lowest BCUT2D eigenvalue weighted by Crippen LogP contribution is -2.52. The Bertz CT molecular complexity index is 2880. The fraction of sp³-hybridized carbons (Fsp3) is 0.275. The van der Waals surface area contributed by atoms with E-state index in [0.29, 0.717) is 41.2 Å². The molecule has 0 aliphatic carbocycles. The van der Waals surface area contributed by atoms with Crippen molar-refractivity contribution < 1.29 is 33.9 Å². The Hall–Kier alpha value is -6.67. The third-order valence-corrected chi connectivity index (χ3v) is 18.7. The highest BCUT2D eigenvalue weighted by Gasteiger charge is 2.67. The van der Waals surface area contributed by atoms with Crippen molar-refractivity contribution in [1.82, 2.24) is 4.90 Å². The van der Waals surface area contributed by atoms with Crippen molar-refractivity contribution in [2.75, 3.05) is 23.5 Å². The van der Waals surface area contributed by atoms with Crippen LogP contribution in [0.2, 0.25) is 18.6 Å². The van der Waals surface area contributed by atoms with E-state index in [4.69, 9.17) is 9.47 Å². The number of ether oxygens (including phenoxy) is 2. The minimum Gasteiger partial charge on any atom is -0.497 e. The van der Waals surface area contributed by atoms with Gasteiger partial charge < -0.3 is 24.4 Å². The molecule has 1 N–H and O–H groups in total. The third kappa shape index (κ3) is 6.35. The van der Waals surface area contributed by atoms with Gasteiger partial charge in [0, 0.05) is 41.2 Å². The predicted octanol–water partition coefficient (Wildman–Crippen LogP) is 8.15. The van der Waals surface area contributed by atoms with E-state index in [0.717, 1.165) is 38.3 Å². The average Bonchev–Trinajstić information content (AvgIpc) is 3.86. The van der Waals surface area contributed by atoms with E-state index < -0.39 is 36.7 Å². The van der Waals surface area contributed by atoms with E-state index in [1.54, 1.807) is 27.9 Å². The van der Waals surface area contributed by atoms with Crippen LogP contribution in [0.3, 0.4) is 0 Å². The zero-order chi connectivity index (χ0) is 44.7. The minimum atomic E-state index is -2.69. The fourth-order valence-corrected chi connectivity index (χ4v) is 15.2. The number of nitro groups is 1. The van der Waals surface area contributed by atoms with Crippen LogP contribution in [0.1, 0.15) is 46.0 Å². The molecule has 6 aromatic carbocycles. The van der Waals surface area contributed by atoms with Crippen LogP contribution in [-0.2, 0) is 39.4 Å². The lowest BCUT2D eigenvalue weighted by atomic mass is 9.82. The third-order valence-electron chi connectivity index (χ3n) is 14.4. The monoisotopic (exact) mass is 872 g/mol. The van der Waals surface area contributed by atoms with Crippen molar-refractivity contribution in [3.8, 4) is 5.75 Å². The molecule has 4 aliphatic heterocycles. The number of benzene rings is 6. The summed E-state index contributed by atoms with van der Waals surface area (Å²) in [6, 6.07) is 39.1. The smallest absolute Gasteiger partial charge is 0.269 e. The molecule has 0 saturated carbocycles. The molecule has 64 heavy (non-hydrogen) atoms. The molecule has 13 heteroatoms. The van der Waals surface area contributed by atoms with E-state index in [9.17, 15) is 24.8 Å². The summed E-state index contributed by atoms with van der Waals surface area (Å²) < 4.78 is 12.7. The number of nitro benzene ring substituents is 1. The van der Waals surface area contributed by atoms with Gasteiger partial charge in [0.15, 0.2) is 5.60 Å². The van der Waals surface area contributed by atoms with Crippen LogP contribution in [0, 0.1) is 16.0 Å². The molecular formula is C51H48N4O8Si. The maximum Gasteiger partial charge on any atom is 0.269 e. The lowest BCUT2D eigenvalue weighted by molar-refractivity contribution is -0.385. The Morgan fingerprint density at radius 2 is 1.62 bits per heavy atom. The van der Waals surface area contributed by atoms with E-state index in [1.165, 1.54) is 12.1 Å². The first-order valence-corrected chi connectivity index (χ1v) is 24.8. The summed E-state index contributed by atoms with van der Waals surface area (Å²) in [5, 5.41) is 25.9. The number of aliphatic hydroxyl groups is 1. The first kappa shape index (κ1) is 41.3. The Labute approximate surface area is 371 Å². The van der Waals surface area contributed by atoms with Gasteiger partial charge in [-0.3, -0.25) is 29.4 Å². The first-order valence-electron chi connectivity index (χ1n) is 21.7. The van der Waals surface area contributed by atoms with E-state index in [1.807, 2.05) is 116 Å². The number of carbonyl (C=O) groups excluding carboxylic acids is 3. The number of nitrogens with zero attached hydrogens (tertiary/aromatic N) is 4. The second kappa shape index (κ2) is 15.5. The van der Waals surface area contributed by atoms with Gasteiger partial charge in [-0.1, -0.05) is 98.0 Å². The number of hydrogen-bond donors (Lipinski definition) is 1. The zero-order valence-electron chi connectivity index (χ0n) is 36.1. The number of anilines is 3. The number of methoxy groups -OCH3 is 1. The molecule has 0 bridgehead atoms. The zero-order valence-corrected chi connectivity index (χ0v) is 37.1.